The SMILES string of the molecule is CCc1cccc2cccc(-c3ccc4cnc(N5CC6CCC(C5)N6)nc4c3F)c12. The lowest BCUT2D eigenvalue weighted by Gasteiger charge is -2.32. The molecule has 4 aromatic rings. The van der Waals surface area contributed by atoms with Crippen LogP contribution in [0.1, 0.15) is 25.3 Å². The van der Waals surface area contributed by atoms with Gasteiger partial charge in [-0.3, -0.25) is 0 Å². The van der Waals surface area contributed by atoms with Crippen LogP contribution in [0.5, 0.6) is 0 Å². The van der Waals surface area contributed by atoms with Crippen molar-refractivity contribution < 1.29 is 4.39 Å². The Hall–Kier alpha value is -3.05. The summed E-state index contributed by atoms with van der Waals surface area (Å²) >= 11 is 0. The fourth-order valence-electron chi connectivity index (χ4n) is 5.31. The third-order valence-corrected chi connectivity index (χ3v) is 6.84. The van der Waals surface area contributed by atoms with Crippen LogP contribution in [-0.2, 0) is 6.42 Å². The van der Waals surface area contributed by atoms with E-state index >= 15 is 4.39 Å². The molecule has 2 fully saturated rings. The Morgan fingerprint density at radius 2 is 1.74 bits per heavy atom. The lowest BCUT2D eigenvalue weighted by atomic mass is 9.93. The van der Waals surface area contributed by atoms with Gasteiger partial charge in [0.15, 0.2) is 5.82 Å². The number of hydrogen-bond donors (Lipinski definition) is 1. The summed E-state index contributed by atoms with van der Waals surface area (Å²) in [6.45, 7) is 3.90. The monoisotopic (exact) mass is 412 g/mol. The molecule has 6 rings (SSSR count). The number of halogens is 1. The Kier molecular flexibility index (Phi) is 4.39. The average Bonchev–Trinajstić information content (AvgIpc) is 3.15. The summed E-state index contributed by atoms with van der Waals surface area (Å²) in [4.78, 5) is 11.5. The highest BCUT2D eigenvalue weighted by Gasteiger charge is 2.33. The number of nitrogens with one attached hydrogen (secondary N) is 1. The van der Waals surface area contributed by atoms with Gasteiger partial charge in [-0.25, -0.2) is 14.4 Å². The average molecular weight is 413 g/mol. The topological polar surface area (TPSA) is 41.1 Å². The van der Waals surface area contributed by atoms with Crippen LogP contribution >= 0.6 is 0 Å². The van der Waals surface area contributed by atoms with E-state index in [0.717, 1.165) is 41.2 Å². The molecule has 2 unspecified atom stereocenters. The second kappa shape index (κ2) is 7.27. The van der Waals surface area contributed by atoms with E-state index in [9.17, 15) is 0 Å². The molecule has 0 spiro atoms. The van der Waals surface area contributed by atoms with E-state index in [4.69, 9.17) is 4.98 Å². The molecule has 2 atom stereocenters. The first-order chi connectivity index (χ1) is 15.2. The van der Waals surface area contributed by atoms with Crippen LogP contribution in [0.25, 0.3) is 32.8 Å². The molecular formula is C26H25FN4. The minimum Gasteiger partial charge on any atom is -0.338 e. The Morgan fingerprint density at radius 3 is 2.52 bits per heavy atom. The Balaban J connectivity index is 1.50. The van der Waals surface area contributed by atoms with Crippen LogP contribution < -0.4 is 10.2 Å². The lowest BCUT2D eigenvalue weighted by Crippen LogP contribution is -2.51. The molecule has 4 nitrogen and oxygen atoms in total. The fraction of sp³-hybridized carbons (Fsp3) is 0.308. The first kappa shape index (κ1) is 18.7. The van der Waals surface area contributed by atoms with Crippen molar-refractivity contribution in [2.45, 2.75) is 38.3 Å². The van der Waals surface area contributed by atoms with Gasteiger partial charge in [0, 0.05) is 42.3 Å². The van der Waals surface area contributed by atoms with Crippen LogP contribution in [0.15, 0.2) is 54.7 Å². The number of hydrogen-bond acceptors (Lipinski definition) is 4. The number of piperazine rings is 1. The molecule has 3 heterocycles. The third-order valence-electron chi connectivity index (χ3n) is 6.84. The van der Waals surface area contributed by atoms with Crippen molar-refractivity contribution >= 4 is 27.6 Å². The summed E-state index contributed by atoms with van der Waals surface area (Å²) < 4.78 is 15.9. The Labute approximate surface area is 181 Å². The quantitative estimate of drug-likeness (QED) is 0.509. The molecule has 2 bridgehead atoms. The smallest absolute Gasteiger partial charge is 0.226 e. The van der Waals surface area contributed by atoms with Crippen molar-refractivity contribution in [1.82, 2.24) is 15.3 Å². The van der Waals surface area contributed by atoms with Gasteiger partial charge in [-0.05, 0) is 41.2 Å². The number of fused-ring (bicyclic) bond motifs is 4. The summed E-state index contributed by atoms with van der Waals surface area (Å²) in [5, 5.41) is 6.62. The van der Waals surface area contributed by atoms with Gasteiger partial charge >= 0.3 is 0 Å². The zero-order valence-corrected chi connectivity index (χ0v) is 17.6. The summed E-state index contributed by atoms with van der Waals surface area (Å²) in [5.41, 5.74) is 3.16. The molecule has 2 aliphatic heterocycles. The van der Waals surface area contributed by atoms with Crippen molar-refractivity contribution in [2.75, 3.05) is 18.0 Å². The number of benzene rings is 3. The lowest BCUT2D eigenvalue weighted by molar-refractivity contribution is 0.461. The number of nitrogens with zero attached hydrogens (tertiary/aromatic N) is 3. The molecule has 0 saturated carbocycles. The van der Waals surface area contributed by atoms with Crippen molar-refractivity contribution in [3.05, 3.63) is 66.1 Å². The zero-order chi connectivity index (χ0) is 20.9. The van der Waals surface area contributed by atoms with E-state index in [-0.39, 0.29) is 5.82 Å². The van der Waals surface area contributed by atoms with Crippen molar-refractivity contribution in [1.29, 1.82) is 0 Å². The van der Waals surface area contributed by atoms with Crippen molar-refractivity contribution in [2.24, 2.45) is 0 Å². The molecule has 3 aromatic carbocycles. The molecule has 0 aliphatic carbocycles. The van der Waals surface area contributed by atoms with Gasteiger partial charge in [0.05, 0.1) is 0 Å². The van der Waals surface area contributed by atoms with Crippen LogP contribution in [0, 0.1) is 5.82 Å². The molecule has 0 amide bonds. The second-order valence-corrected chi connectivity index (χ2v) is 8.75. The van der Waals surface area contributed by atoms with E-state index in [1.54, 1.807) is 6.20 Å². The van der Waals surface area contributed by atoms with Crippen LogP contribution in [0.4, 0.5) is 10.3 Å². The van der Waals surface area contributed by atoms with E-state index in [1.165, 1.54) is 18.4 Å². The zero-order valence-electron chi connectivity index (χ0n) is 17.6. The highest BCUT2D eigenvalue weighted by atomic mass is 19.1. The first-order valence-electron chi connectivity index (χ1n) is 11.2. The predicted molar refractivity (Wildman–Crippen MR) is 124 cm³/mol. The maximum atomic E-state index is 15.9. The van der Waals surface area contributed by atoms with Crippen molar-refractivity contribution in [3.63, 3.8) is 0 Å². The van der Waals surface area contributed by atoms with Crippen LogP contribution in [-0.4, -0.2) is 35.1 Å². The van der Waals surface area contributed by atoms with E-state index < -0.39 is 0 Å². The van der Waals surface area contributed by atoms with E-state index in [2.05, 4.69) is 46.4 Å². The minimum atomic E-state index is -0.266. The van der Waals surface area contributed by atoms with Gasteiger partial charge in [0.25, 0.3) is 0 Å². The standard InChI is InChI=1S/C26H25FN4/c1-2-16-5-3-6-17-7-4-8-21(23(16)17)22-12-9-18-13-28-26(30-25(18)24(22)27)31-14-19-10-11-20(15-31)29-19/h3-9,12-13,19-20,29H,2,10-11,14-15H2,1H3. The molecule has 0 radical (unpaired) electrons. The number of aryl methyl sites for hydroxylation is 1. The Morgan fingerprint density at radius 1 is 0.968 bits per heavy atom. The molecule has 156 valence electrons. The van der Waals surface area contributed by atoms with Gasteiger partial charge < -0.3 is 10.2 Å². The fourth-order valence-corrected chi connectivity index (χ4v) is 5.31. The van der Waals surface area contributed by atoms with E-state index in [0.29, 0.717) is 29.1 Å². The largest absolute Gasteiger partial charge is 0.338 e. The van der Waals surface area contributed by atoms with Gasteiger partial charge in [0.2, 0.25) is 5.95 Å². The second-order valence-electron chi connectivity index (χ2n) is 8.75. The Bertz CT molecular complexity index is 1280. The molecule has 2 saturated heterocycles. The molecule has 31 heavy (non-hydrogen) atoms. The van der Waals surface area contributed by atoms with Gasteiger partial charge in [-0.1, -0.05) is 55.5 Å². The predicted octanol–water partition coefficient (Wildman–Crippen LogP) is 5.09. The maximum absolute atomic E-state index is 15.9. The number of anilines is 1. The highest BCUT2D eigenvalue weighted by Crippen LogP contribution is 2.35. The highest BCUT2D eigenvalue weighted by molar-refractivity contribution is 6.00. The van der Waals surface area contributed by atoms with Crippen LogP contribution in [0.3, 0.4) is 0 Å². The summed E-state index contributed by atoms with van der Waals surface area (Å²) in [6.07, 6.45) is 5.04. The third kappa shape index (κ3) is 3.07. The van der Waals surface area contributed by atoms with Gasteiger partial charge in [0.1, 0.15) is 5.52 Å². The first-order valence-corrected chi connectivity index (χ1v) is 11.2. The van der Waals surface area contributed by atoms with Gasteiger partial charge in [-0.2, -0.15) is 0 Å². The number of aromatic nitrogens is 2. The molecule has 2 aliphatic rings. The minimum absolute atomic E-state index is 0.266. The van der Waals surface area contributed by atoms with Crippen LogP contribution in [0.2, 0.25) is 0 Å². The number of rotatable bonds is 3. The van der Waals surface area contributed by atoms with Gasteiger partial charge in [-0.15, -0.1) is 0 Å². The summed E-state index contributed by atoms with van der Waals surface area (Å²) in [5.74, 6) is 0.367. The van der Waals surface area contributed by atoms with E-state index in [1.807, 2.05) is 24.3 Å². The normalized spacial score (nSPS) is 20.6. The molecule has 5 heteroatoms. The summed E-state index contributed by atoms with van der Waals surface area (Å²) in [6, 6.07) is 17.2. The molecule has 1 N–H and O–H groups in total. The molecular weight excluding hydrogens is 387 g/mol. The van der Waals surface area contributed by atoms with Crippen molar-refractivity contribution in [3.8, 4) is 11.1 Å². The summed E-state index contributed by atoms with van der Waals surface area (Å²) in [7, 11) is 0. The molecule has 1 aromatic heterocycles. The maximum Gasteiger partial charge on any atom is 0.226 e.